The van der Waals surface area contributed by atoms with E-state index >= 15 is 0 Å². The summed E-state index contributed by atoms with van der Waals surface area (Å²) in [6, 6.07) is 43.6. The first-order valence-electron chi connectivity index (χ1n) is 29.1. The van der Waals surface area contributed by atoms with Gasteiger partial charge in [0.25, 0.3) is 0 Å². The highest BCUT2D eigenvalue weighted by atomic mass is 14.2. The lowest BCUT2D eigenvalue weighted by Crippen LogP contribution is -2.09. The van der Waals surface area contributed by atoms with E-state index in [-0.39, 0.29) is 7.43 Å². The molecule has 0 radical (unpaired) electrons. The lowest BCUT2D eigenvalue weighted by Gasteiger charge is -2.23. The van der Waals surface area contributed by atoms with Gasteiger partial charge in [0, 0.05) is 0 Å². The van der Waals surface area contributed by atoms with Gasteiger partial charge in [-0.3, -0.25) is 0 Å². The van der Waals surface area contributed by atoms with Crippen LogP contribution in [-0.4, -0.2) is 0 Å². The third kappa shape index (κ3) is 40.1. The van der Waals surface area contributed by atoms with Crippen molar-refractivity contribution in [1.82, 2.24) is 0 Å². The highest BCUT2D eigenvalue weighted by Crippen LogP contribution is 2.33. The fourth-order valence-corrected chi connectivity index (χ4v) is 9.02. The quantitative estimate of drug-likeness (QED) is 0.0822. The fraction of sp³-hybridized carbons (Fsp3) is 0.639. The van der Waals surface area contributed by atoms with Crippen LogP contribution in [0.2, 0.25) is 0 Å². The Labute approximate surface area is 454 Å². The minimum absolute atomic E-state index is 0. The average Bonchev–Trinajstić information content (AvgIpc) is 3.30. The molecular formula is C72H126. The minimum atomic E-state index is 0. The van der Waals surface area contributed by atoms with E-state index in [0.29, 0.717) is 0 Å². The van der Waals surface area contributed by atoms with Gasteiger partial charge in [0.05, 0.1) is 0 Å². The van der Waals surface area contributed by atoms with E-state index < -0.39 is 0 Å². The molecule has 0 heteroatoms. The molecule has 0 spiro atoms. The van der Waals surface area contributed by atoms with E-state index in [1.807, 2.05) is 6.92 Å². The second-order valence-electron chi connectivity index (χ2n) is 24.5. The number of hydrogen-bond donors (Lipinski definition) is 0. The largest absolute Gasteiger partial charge is 0.103 e. The summed E-state index contributed by atoms with van der Waals surface area (Å²) in [6.07, 6.45) is 9.55. The second kappa shape index (κ2) is 46.2. The second-order valence-corrected chi connectivity index (χ2v) is 24.5. The molecule has 0 nitrogen and oxygen atoms in total. The van der Waals surface area contributed by atoms with E-state index in [9.17, 15) is 0 Å². The van der Waals surface area contributed by atoms with Crippen LogP contribution in [0.4, 0.5) is 0 Å². The zero-order valence-corrected chi connectivity index (χ0v) is 51.7. The number of hydrogen-bond acceptors (Lipinski definition) is 0. The van der Waals surface area contributed by atoms with Crippen LogP contribution in [0.5, 0.6) is 0 Å². The van der Waals surface area contributed by atoms with Crippen molar-refractivity contribution in [3.8, 4) is 0 Å². The van der Waals surface area contributed by atoms with E-state index in [4.69, 9.17) is 0 Å². The Morgan fingerprint density at radius 3 is 0.556 bits per heavy atom. The van der Waals surface area contributed by atoms with Gasteiger partial charge >= 0.3 is 0 Å². The van der Waals surface area contributed by atoms with Crippen molar-refractivity contribution < 1.29 is 0 Å². The van der Waals surface area contributed by atoms with Crippen LogP contribution in [0.1, 0.15) is 258 Å². The highest BCUT2D eigenvalue weighted by Gasteiger charge is 2.19. The molecule has 0 aliphatic carbocycles. The predicted octanol–water partition coefficient (Wildman–Crippen LogP) is 24.5. The summed E-state index contributed by atoms with van der Waals surface area (Å²) in [5.41, 5.74) is 5.99. The molecule has 0 N–H and O–H groups in total. The van der Waals surface area contributed by atoms with E-state index in [1.54, 1.807) is 6.08 Å². The monoisotopic (exact) mass is 991 g/mol. The molecule has 0 aromatic heterocycles. The van der Waals surface area contributed by atoms with Crippen molar-refractivity contribution >= 4 is 0 Å². The third-order valence-corrected chi connectivity index (χ3v) is 13.0. The smallest absolute Gasteiger partial charge is 0.0136 e. The molecule has 5 unspecified atom stereocenters. The van der Waals surface area contributed by atoms with Crippen LogP contribution >= 0.6 is 0 Å². The molecule has 5 atom stereocenters. The molecule has 414 valence electrons. The number of benzene rings is 4. The van der Waals surface area contributed by atoms with Crippen molar-refractivity contribution in [2.75, 3.05) is 0 Å². The molecule has 0 aliphatic rings. The van der Waals surface area contributed by atoms with Gasteiger partial charge in [-0.2, -0.15) is 0 Å². The Morgan fingerprint density at radius 1 is 0.306 bits per heavy atom. The summed E-state index contributed by atoms with van der Waals surface area (Å²) in [7, 11) is 0. The summed E-state index contributed by atoms with van der Waals surface area (Å²) >= 11 is 0. The maximum Gasteiger partial charge on any atom is -0.0136 e. The Balaban J connectivity index is -0.000000391. The number of rotatable bonds is 19. The summed E-state index contributed by atoms with van der Waals surface area (Å²) < 4.78 is 0. The van der Waals surface area contributed by atoms with Crippen LogP contribution in [-0.2, 0) is 0 Å². The Morgan fingerprint density at radius 2 is 0.458 bits per heavy atom. The molecule has 0 saturated heterocycles. The maximum absolute atomic E-state index is 3.36. The Bertz CT molecular complexity index is 1440. The molecule has 0 amide bonds. The molecule has 0 saturated carbocycles. The van der Waals surface area contributed by atoms with Crippen LogP contribution < -0.4 is 0 Å². The molecular weight excluding hydrogens is 865 g/mol. The lowest BCUT2D eigenvalue weighted by atomic mass is 9.82. The minimum Gasteiger partial charge on any atom is -0.103 e. The van der Waals surface area contributed by atoms with Gasteiger partial charge in [0.1, 0.15) is 0 Å². The van der Waals surface area contributed by atoms with Gasteiger partial charge in [-0.05, 0) is 150 Å². The first-order valence-corrected chi connectivity index (χ1v) is 29.1. The van der Waals surface area contributed by atoms with Crippen molar-refractivity contribution in [2.45, 2.75) is 236 Å². The van der Waals surface area contributed by atoms with E-state index in [0.717, 1.165) is 88.8 Å². The zero-order chi connectivity index (χ0) is 55.1. The summed E-state index contributed by atoms with van der Waals surface area (Å²) in [6.45, 7) is 58.0. The SMILES string of the molecule is C.C=CC.CC(C)CC(C)C(C)C.CC(C)CC(c1ccccc1)C(C)C.CC(C)CC(c1ccccc1)C(C)C.CC(C)CC(c1ccccc1)C(C)C.CC(C)CC(c1ccccc1)C(C)C.CCC. The average molecular weight is 992 g/mol. The predicted molar refractivity (Wildman–Crippen MR) is 336 cm³/mol. The molecule has 0 heterocycles. The molecule has 72 heavy (non-hydrogen) atoms. The normalized spacial score (nSPS) is 12.9. The first-order chi connectivity index (χ1) is 33.3. The molecule has 0 aliphatic heterocycles. The van der Waals surface area contributed by atoms with Gasteiger partial charge in [-0.15, -0.1) is 6.58 Å². The Kier molecular flexibility index (Phi) is 48.2. The van der Waals surface area contributed by atoms with Crippen molar-refractivity contribution in [3.63, 3.8) is 0 Å². The Hall–Kier alpha value is -3.38. The topological polar surface area (TPSA) is 0 Å². The van der Waals surface area contributed by atoms with Gasteiger partial charge in [-0.1, -0.05) is 300 Å². The van der Waals surface area contributed by atoms with Crippen molar-refractivity contribution in [3.05, 3.63) is 156 Å². The van der Waals surface area contributed by atoms with Gasteiger partial charge < -0.3 is 0 Å². The van der Waals surface area contributed by atoms with Crippen LogP contribution in [0.25, 0.3) is 0 Å². The summed E-state index contributed by atoms with van der Waals surface area (Å²) in [4.78, 5) is 0. The molecule has 4 aromatic rings. The molecule has 0 fully saturated rings. The summed E-state index contributed by atoms with van der Waals surface area (Å²) in [5.74, 6) is 11.6. The third-order valence-electron chi connectivity index (χ3n) is 13.0. The van der Waals surface area contributed by atoms with Gasteiger partial charge in [-0.25, -0.2) is 0 Å². The zero-order valence-electron chi connectivity index (χ0n) is 51.7. The standard InChI is InChI=1S/4C14H22.C9H20.C3H8.C3H6.CH4/c4*1-11(2)10-14(12(3)4)13-8-6-5-7-9-13;1-7(2)6-9(5)8(3)4;2*1-3-2;/h4*5-9,11-12,14H,10H2,1-4H3;7-9H,6H2,1-5H3;3H2,1-2H3;3H,1H2,2H3;1H4. The molecule has 0 bridgehead atoms. The van der Waals surface area contributed by atoms with Crippen LogP contribution in [0.3, 0.4) is 0 Å². The van der Waals surface area contributed by atoms with Gasteiger partial charge in [0.15, 0.2) is 0 Å². The van der Waals surface area contributed by atoms with Crippen molar-refractivity contribution in [2.24, 2.45) is 65.1 Å². The fourth-order valence-electron chi connectivity index (χ4n) is 9.02. The highest BCUT2D eigenvalue weighted by molar-refractivity contribution is 5.22. The number of allylic oxidation sites excluding steroid dienone is 1. The van der Waals surface area contributed by atoms with Crippen molar-refractivity contribution in [1.29, 1.82) is 0 Å². The van der Waals surface area contributed by atoms with E-state index in [1.165, 1.54) is 60.8 Å². The maximum atomic E-state index is 3.36. The lowest BCUT2D eigenvalue weighted by molar-refractivity contribution is 0.344. The van der Waals surface area contributed by atoms with E-state index in [2.05, 4.69) is 287 Å². The molecule has 4 rings (SSSR count). The van der Waals surface area contributed by atoms with Gasteiger partial charge in [0.2, 0.25) is 0 Å². The van der Waals surface area contributed by atoms with Crippen LogP contribution in [0, 0.1) is 65.1 Å². The van der Waals surface area contributed by atoms with Crippen LogP contribution in [0.15, 0.2) is 134 Å². The molecule has 4 aromatic carbocycles. The summed E-state index contributed by atoms with van der Waals surface area (Å²) in [5, 5.41) is 0. The first kappa shape index (κ1) is 75.1.